The van der Waals surface area contributed by atoms with Crippen LogP contribution in [-0.2, 0) is 16.8 Å². The number of thiazole rings is 1. The first-order valence-corrected chi connectivity index (χ1v) is 5.69. The van der Waals surface area contributed by atoms with Crippen LogP contribution in [0.5, 0.6) is 0 Å². The van der Waals surface area contributed by atoms with Crippen LogP contribution in [0, 0.1) is 0 Å². The van der Waals surface area contributed by atoms with Gasteiger partial charge in [-0.05, 0) is 19.8 Å². The van der Waals surface area contributed by atoms with Crippen LogP contribution < -0.4 is 0 Å². The van der Waals surface area contributed by atoms with Crippen molar-refractivity contribution in [1.29, 1.82) is 0 Å². The smallest absolute Gasteiger partial charge is 0.119 e. The fourth-order valence-corrected chi connectivity index (χ4v) is 2.62. The van der Waals surface area contributed by atoms with Gasteiger partial charge in [0.1, 0.15) is 5.01 Å². The van der Waals surface area contributed by atoms with Crippen LogP contribution in [0.25, 0.3) is 0 Å². The minimum Gasteiger partial charge on any atom is -0.392 e. The number of aliphatic hydroxyl groups is 1. The van der Waals surface area contributed by atoms with Gasteiger partial charge < -0.3 is 9.84 Å². The number of ether oxygens (including phenoxy) is 1. The number of aliphatic hydroxyl groups excluding tert-OH is 1. The van der Waals surface area contributed by atoms with Crippen molar-refractivity contribution in [2.75, 3.05) is 7.11 Å². The summed E-state index contributed by atoms with van der Waals surface area (Å²) in [5.41, 5.74) is 1.01. The molecular formula is C10H15NO2S. The van der Waals surface area contributed by atoms with Crippen molar-refractivity contribution in [2.45, 2.75) is 37.9 Å². The van der Waals surface area contributed by atoms with Crippen molar-refractivity contribution >= 4 is 11.3 Å². The van der Waals surface area contributed by atoms with Crippen LogP contribution in [0.3, 0.4) is 0 Å². The lowest BCUT2D eigenvalue weighted by atomic mass is 9.97. The van der Waals surface area contributed by atoms with Crippen molar-refractivity contribution in [1.82, 2.24) is 4.98 Å². The van der Waals surface area contributed by atoms with Gasteiger partial charge in [-0.25, -0.2) is 4.98 Å². The predicted molar refractivity (Wildman–Crippen MR) is 55.4 cm³/mol. The summed E-state index contributed by atoms with van der Waals surface area (Å²) < 4.78 is 5.02. The van der Waals surface area contributed by atoms with Crippen molar-refractivity contribution < 1.29 is 9.84 Å². The second kappa shape index (κ2) is 3.61. The molecular weight excluding hydrogens is 198 g/mol. The fraction of sp³-hybridized carbons (Fsp3) is 0.700. The maximum Gasteiger partial charge on any atom is 0.119 e. The van der Waals surface area contributed by atoms with Crippen molar-refractivity contribution in [2.24, 2.45) is 0 Å². The Morgan fingerprint density at radius 3 is 2.93 bits per heavy atom. The highest BCUT2D eigenvalue weighted by atomic mass is 32.1. The molecule has 2 rings (SSSR count). The van der Waals surface area contributed by atoms with Gasteiger partial charge in [0, 0.05) is 17.9 Å². The zero-order valence-electron chi connectivity index (χ0n) is 8.49. The van der Waals surface area contributed by atoms with Crippen molar-refractivity contribution in [3.8, 4) is 0 Å². The van der Waals surface area contributed by atoms with E-state index in [0.717, 1.165) is 23.5 Å². The quantitative estimate of drug-likeness (QED) is 0.827. The highest BCUT2D eigenvalue weighted by Gasteiger charge is 2.50. The molecule has 1 aromatic heterocycles. The van der Waals surface area contributed by atoms with Gasteiger partial charge in [-0.2, -0.15) is 0 Å². The summed E-state index contributed by atoms with van der Waals surface area (Å²) in [7, 11) is 1.67. The molecule has 1 saturated carbocycles. The largest absolute Gasteiger partial charge is 0.392 e. The predicted octanol–water partition coefficient (Wildman–Crippen LogP) is 1.70. The number of nitrogens with zero attached hydrogens (tertiary/aromatic N) is 1. The molecule has 0 aliphatic heterocycles. The molecule has 1 aliphatic rings. The van der Waals surface area contributed by atoms with Gasteiger partial charge in [0.15, 0.2) is 0 Å². The number of aromatic nitrogens is 1. The van der Waals surface area contributed by atoms with E-state index in [9.17, 15) is 5.11 Å². The van der Waals surface area contributed by atoms with Crippen LogP contribution in [0.2, 0.25) is 0 Å². The Bertz CT molecular complexity index is 318. The summed E-state index contributed by atoms with van der Waals surface area (Å²) >= 11 is 1.61. The molecule has 14 heavy (non-hydrogen) atoms. The van der Waals surface area contributed by atoms with E-state index in [-0.39, 0.29) is 11.5 Å². The molecule has 1 atom stereocenters. The maximum atomic E-state index is 9.67. The summed E-state index contributed by atoms with van der Waals surface area (Å²) in [6.07, 6.45) is 1.82. The molecule has 1 N–H and O–H groups in total. The van der Waals surface area contributed by atoms with Crippen molar-refractivity contribution in [3.63, 3.8) is 0 Å². The Balaban J connectivity index is 2.17. The minimum atomic E-state index is -0.292. The van der Waals surface area contributed by atoms with E-state index in [1.165, 1.54) is 0 Å². The number of rotatable bonds is 4. The molecule has 0 spiro atoms. The van der Waals surface area contributed by atoms with E-state index in [1.807, 2.05) is 12.3 Å². The normalized spacial score (nSPS) is 20.8. The first-order chi connectivity index (χ1) is 6.69. The Kier molecular flexibility index (Phi) is 2.60. The zero-order valence-corrected chi connectivity index (χ0v) is 9.30. The van der Waals surface area contributed by atoms with Gasteiger partial charge in [0.05, 0.1) is 18.4 Å². The standard InChI is InChI=1S/C10H15NO2S/c1-7(12)10(3-4-10)8-6-14-9(11-8)5-13-2/h6-7,12H,3-5H2,1-2H3. The molecule has 4 heteroatoms. The van der Waals surface area contributed by atoms with E-state index < -0.39 is 0 Å². The molecule has 0 amide bonds. The average molecular weight is 213 g/mol. The second-order valence-corrected chi connectivity index (χ2v) is 4.83. The van der Waals surface area contributed by atoms with Gasteiger partial charge >= 0.3 is 0 Å². The van der Waals surface area contributed by atoms with Crippen LogP contribution in [0.4, 0.5) is 0 Å². The van der Waals surface area contributed by atoms with Gasteiger partial charge in [0.25, 0.3) is 0 Å². The lowest BCUT2D eigenvalue weighted by Gasteiger charge is -2.15. The van der Waals surface area contributed by atoms with Gasteiger partial charge in [0.2, 0.25) is 0 Å². The molecule has 0 radical (unpaired) electrons. The van der Waals surface area contributed by atoms with Crippen molar-refractivity contribution in [3.05, 3.63) is 16.1 Å². The monoisotopic (exact) mass is 213 g/mol. The summed E-state index contributed by atoms with van der Waals surface area (Å²) in [5.74, 6) is 0. The average Bonchev–Trinajstić information content (AvgIpc) is 2.84. The highest BCUT2D eigenvalue weighted by molar-refractivity contribution is 7.09. The Labute approximate surface area is 87.7 Å². The number of hydrogen-bond donors (Lipinski definition) is 1. The molecule has 78 valence electrons. The Morgan fingerprint density at radius 1 is 1.71 bits per heavy atom. The lowest BCUT2D eigenvalue weighted by molar-refractivity contribution is 0.148. The summed E-state index contributed by atoms with van der Waals surface area (Å²) in [5, 5.41) is 12.7. The molecule has 0 aromatic carbocycles. The molecule has 0 bridgehead atoms. The van der Waals surface area contributed by atoms with E-state index in [0.29, 0.717) is 6.61 Å². The van der Waals surface area contributed by atoms with E-state index >= 15 is 0 Å². The second-order valence-electron chi connectivity index (χ2n) is 3.89. The first-order valence-electron chi connectivity index (χ1n) is 4.81. The lowest BCUT2D eigenvalue weighted by Crippen LogP contribution is -2.22. The minimum absolute atomic E-state index is 0.0392. The van der Waals surface area contributed by atoms with E-state index in [2.05, 4.69) is 4.98 Å². The molecule has 1 fully saturated rings. The van der Waals surface area contributed by atoms with Crippen LogP contribution >= 0.6 is 11.3 Å². The summed E-state index contributed by atoms with van der Waals surface area (Å²) in [4.78, 5) is 4.49. The molecule has 1 aliphatic carbocycles. The molecule has 1 aromatic rings. The van der Waals surface area contributed by atoms with Crippen LogP contribution in [-0.4, -0.2) is 23.3 Å². The third-order valence-corrected chi connectivity index (χ3v) is 3.74. The number of hydrogen-bond acceptors (Lipinski definition) is 4. The Morgan fingerprint density at radius 2 is 2.43 bits per heavy atom. The molecule has 3 nitrogen and oxygen atoms in total. The topological polar surface area (TPSA) is 42.4 Å². The number of methoxy groups -OCH3 is 1. The van der Waals surface area contributed by atoms with Gasteiger partial charge in [-0.3, -0.25) is 0 Å². The van der Waals surface area contributed by atoms with Crippen LogP contribution in [0.15, 0.2) is 5.38 Å². The molecule has 0 saturated heterocycles. The Hall–Kier alpha value is -0.450. The molecule has 1 unspecified atom stereocenters. The SMILES string of the molecule is COCc1nc(C2(C(C)O)CC2)cs1. The third kappa shape index (κ3) is 1.58. The van der Waals surface area contributed by atoms with E-state index in [1.54, 1.807) is 18.4 Å². The van der Waals surface area contributed by atoms with E-state index in [4.69, 9.17) is 4.74 Å². The summed E-state index contributed by atoms with van der Waals surface area (Å²) in [6, 6.07) is 0. The maximum absolute atomic E-state index is 9.67. The van der Waals surface area contributed by atoms with Gasteiger partial charge in [-0.1, -0.05) is 0 Å². The van der Waals surface area contributed by atoms with Crippen LogP contribution in [0.1, 0.15) is 30.5 Å². The third-order valence-electron chi connectivity index (χ3n) is 2.92. The first kappa shape index (κ1) is 10.1. The summed E-state index contributed by atoms with van der Waals surface area (Å²) in [6.45, 7) is 2.42. The fourth-order valence-electron chi connectivity index (χ4n) is 1.75. The zero-order chi connectivity index (χ0) is 10.2. The van der Waals surface area contributed by atoms with Gasteiger partial charge in [-0.15, -0.1) is 11.3 Å². The molecule has 1 heterocycles. The highest BCUT2D eigenvalue weighted by Crippen LogP contribution is 2.50.